The van der Waals surface area contributed by atoms with Gasteiger partial charge in [-0.1, -0.05) is 192 Å². The van der Waals surface area contributed by atoms with E-state index in [9.17, 15) is 4.39 Å². The molecule has 0 radical (unpaired) electrons. The zero-order chi connectivity index (χ0) is 50.4. The van der Waals surface area contributed by atoms with Crippen molar-refractivity contribution in [1.29, 1.82) is 0 Å². The third-order valence-corrected chi connectivity index (χ3v) is 11.0. The van der Waals surface area contributed by atoms with Crippen molar-refractivity contribution in [2.75, 3.05) is 0 Å². The van der Waals surface area contributed by atoms with E-state index in [-0.39, 0.29) is 27.3 Å². The van der Waals surface area contributed by atoms with Gasteiger partial charge in [-0.25, -0.2) is 9.37 Å². The van der Waals surface area contributed by atoms with E-state index in [0.29, 0.717) is 40.7 Å². The van der Waals surface area contributed by atoms with Crippen molar-refractivity contribution >= 4 is 23.2 Å². The molecule has 1 N–H and O–H groups in total. The molecule has 0 bridgehead atoms. The molecule has 2 aromatic heterocycles. The highest BCUT2D eigenvalue weighted by molar-refractivity contribution is 6.30. The molecule has 6 heteroatoms. The first-order valence-electron chi connectivity index (χ1n) is 23.6. The summed E-state index contributed by atoms with van der Waals surface area (Å²) in [6.45, 7) is 40.4. The van der Waals surface area contributed by atoms with Crippen LogP contribution in [0.25, 0.3) is 0 Å². The van der Waals surface area contributed by atoms with E-state index in [0.717, 1.165) is 27.4 Å². The number of aromatic nitrogens is 2. The van der Waals surface area contributed by atoms with Gasteiger partial charge in [-0.05, 0) is 176 Å². The van der Waals surface area contributed by atoms with Crippen molar-refractivity contribution in [2.45, 2.75) is 189 Å². The number of aliphatic hydroxyl groups is 1. The average Bonchev–Trinajstić information content (AvgIpc) is 3.20. The van der Waals surface area contributed by atoms with Crippen molar-refractivity contribution in [2.24, 2.45) is 0 Å². The van der Waals surface area contributed by atoms with Gasteiger partial charge in [0.2, 0.25) is 0 Å². The summed E-state index contributed by atoms with van der Waals surface area (Å²) in [4.78, 5) is 8.19. The molecule has 0 unspecified atom stereocenters. The van der Waals surface area contributed by atoms with Crippen LogP contribution in [-0.4, -0.2) is 15.1 Å². The Bertz CT molecular complexity index is 2040. The van der Waals surface area contributed by atoms with Crippen molar-refractivity contribution in [3.05, 3.63) is 197 Å². The van der Waals surface area contributed by atoms with Crippen LogP contribution < -0.4 is 0 Å². The molecule has 2 heterocycles. The first-order valence-corrected chi connectivity index (χ1v) is 24.4. The van der Waals surface area contributed by atoms with Crippen LogP contribution in [0.15, 0.2) is 103 Å². The second-order valence-corrected chi connectivity index (χ2v) is 20.4. The van der Waals surface area contributed by atoms with Crippen LogP contribution in [0.4, 0.5) is 4.39 Å². The number of benzene rings is 4. The molecule has 0 aliphatic rings. The predicted octanol–water partition coefficient (Wildman–Crippen LogP) is 20.0. The fourth-order valence-corrected chi connectivity index (χ4v) is 7.30. The molecule has 0 aliphatic heterocycles. The van der Waals surface area contributed by atoms with Crippen molar-refractivity contribution in [1.82, 2.24) is 9.97 Å². The van der Waals surface area contributed by atoms with Gasteiger partial charge in [-0.15, -0.1) is 0 Å². The van der Waals surface area contributed by atoms with Crippen LogP contribution in [0.1, 0.15) is 211 Å². The quantitative estimate of drug-likeness (QED) is 0.162. The fraction of sp³-hybridized carbons (Fsp3) is 0.452. The Kier molecular flexibility index (Phi) is 32.1. The molecular formula is C62H91Cl2FN2O. The predicted molar refractivity (Wildman–Crippen MR) is 301 cm³/mol. The first kappa shape index (κ1) is 65.7. The number of aliphatic hydroxyl groups excluding tert-OH is 1. The number of halogens is 3. The van der Waals surface area contributed by atoms with Gasteiger partial charge in [0.05, 0.1) is 6.61 Å². The lowest BCUT2D eigenvalue weighted by Crippen LogP contribution is -1.92. The third kappa shape index (κ3) is 27.0. The van der Waals surface area contributed by atoms with E-state index in [4.69, 9.17) is 28.3 Å². The molecule has 3 nitrogen and oxygen atoms in total. The largest absolute Gasteiger partial charge is 0.392 e. The smallest absolute Gasteiger partial charge is 0.129 e. The van der Waals surface area contributed by atoms with Crippen LogP contribution in [0.3, 0.4) is 0 Å². The summed E-state index contributed by atoms with van der Waals surface area (Å²) in [6.07, 6.45) is 3.81. The van der Waals surface area contributed by atoms with Gasteiger partial charge >= 0.3 is 0 Å². The zero-order valence-electron chi connectivity index (χ0n) is 44.0. The highest BCUT2D eigenvalue weighted by Gasteiger charge is 2.05. The topological polar surface area (TPSA) is 46.0 Å². The molecule has 0 saturated heterocycles. The van der Waals surface area contributed by atoms with Gasteiger partial charge < -0.3 is 5.11 Å². The molecule has 0 saturated carbocycles. The molecule has 68 heavy (non-hydrogen) atoms. The molecule has 6 aromatic rings. The van der Waals surface area contributed by atoms with E-state index in [1.165, 1.54) is 55.6 Å². The Labute approximate surface area is 426 Å². The highest BCUT2D eigenvalue weighted by Crippen LogP contribution is 2.22. The SMILES string of the molecule is C.C.Cc1cc(C(C)C)cc(Cl)n1.Cc1cc(C)cc(C(C)C)c1.Cc1cc(CO)cc(C(C)C)c1.Cc1cc(Cl)cc(C(C)C)c1.Cc1cc(F)cc(C(C)C)c1.Cc1cncc(C(C)C)c1. The zero-order valence-corrected chi connectivity index (χ0v) is 45.5. The summed E-state index contributed by atoms with van der Waals surface area (Å²) in [6, 6.07) is 30.5. The average molecular weight is 970 g/mol. The van der Waals surface area contributed by atoms with E-state index < -0.39 is 0 Å². The number of nitrogens with zero attached hydrogens (tertiary/aromatic N) is 2. The Balaban J connectivity index is 0. The summed E-state index contributed by atoms with van der Waals surface area (Å²) in [5.74, 6) is 3.14. The number of aryl methyl sites for hydroxylation is 7. The Hall–Kier alpha value is -4.35. The normalized spacial score (nSPS) is 10.3. The van der Waals surface area contributed by atoms with Gasteiger partial charge in [0.1, 0.15) is 11.0 Å². The lowest BCUT2D eigenvalue weighted by atomic mass is 9.98. The summed E-state index contributed by atoms with van der Waals surface area (Å²) in [5.41, 5.74) is 17.1. The summed E-state index contributed by atoms with van der Waals surface area (Å²) >= 11 is 11.7. The van der Waals surface area contributed by atoms with Gasteiger partial charge in [-0.3, -0.25) is 4.98 Å². The lowest BCUT2D eigenvalue weighted by Gasteiger charge is -2.08. The van der Waals surface area contributed by atoms with Crippen molar-refractivity contribution < 1.29 is 9.50 Å². The highest BCUT2D eigenvalue weighted by atomic mass is 35.5. The Morgan fingerprint density at radius 2 is 0.779 bits per heavy atom. The molecule has 0 amide bonds. The minimum atomic E-state index is -0.131. The molecule has 0 aliphatic carbocycles. The molecule has 6 rings (SSSR count). The molecule has 0 fully saturated rings. The second-order valence-electron chi connectivity index (χ2n) is 19.5. The van der Waals surface area contributed by atoms with Crippen LogP contribution in [0.5, 0.6) is 0 Å². The van der Waals surface area contributed by atoms with E-state index in [2.05, 4.69) is 176 Å². The summed E-state index contributed by atoms with van der Waals surface area (Å²) in [7, 11) is 0. The molecule has 4 aromatic carbocycles. The molecule has 376 valence electrons. The molecule has 0 atom stereocenters. The van der Waals surface area contributed by atoms with Crippen LogP contribution in [0.2, 0.25) is 10.2 Å². The van der Waals surface area contributed by atoms with E-state index in [1.807, 2.05) is 56.6 Å². The van der Waals surface area contributed by atoms with Crippen molar-refractivity contribution in [3.63, 3.8) is 0 Å². The molecule has 0 spiro atoms. The number of pyridine rings is 2. The maximum absolute atomic E-state index is 12.8. The molecular weight excluding hydrogens is 879 g/mol. The minimum absolute atomic E-state index is 0. The van der Waals surface area contributed by atoms with E-state index in [1.54, 1.807) is 12.1 Å². The Morgan fingerprint density at radius 1 is 0.412 bits per heavy atom. The number of hydrogen-bond acceptors (Lipinski definition) is 3. The fourth-order valence-electron chi connectivity index (χ4n) is 6.74. The monoisotopic (exact) mass is 969 g/mol. The third-order valence-electron chi connectivity index (χ3n) is 10.6. The summed E-state index contributed by atoms with van der Waals surface area (Å²) in [5, 5.41) is 10.4. The lowest BCUT2D eigenvalue weighted by molar-refractivity contribution is 0.281. The number of rotatable bonds is 7. The first-order chi connectivity index (χ1) is 30.7. The van der Waals surface area contributed by atoms with Crippen molar-refractivity contribution in [3.8, 4) is 0 Å². The van der Waals surface area contributed by atoms with E-state index >= 15 is 0 Å². The maximum Gasteiger partial charge on any atom is 0.129 e. The minimum Gasteiger partial charge on any atom is -0.392 e. The standard InChI is InChI=1S/C11H16O.C11H16.C10H13Cl.C10H13F.C9H12ClN.C9H13N.2CH4/c1-8(2)11-5-9(3)4-10(6-11)7-12;1-8(2)11-6-9(3)5-10(4)7-11;2*1-7(2)9-4-8(3)5-10(11)6-9;1-6(2)8-4-7(3)11-9(10)5-8;1-7(2)9-4-8(3)5-10-6-9;;/h4-6,8,12H,7H2,1-3H3;5-8H,1-4H3;2*4-7H,1-3H3;4-6H,1-3H3;4-7H,1-3H3;2*1H4. The van der Waals surface area contributed by atoms with Gasteiger partial charge in [-0.2, -0.15) is 0 Å². The second kappa shape index (κ2) is 33.2. The van der Waals surface area contributed by atoms with Crippen LogP contribution in [0, 0.1) is 54.3 Å². The van der Waals surface area contributed by atoms with Crippen LogP contribution in [-0.2, 0) is 6.61 Å². The summed E-state index contributed by atoms with van der Waals surface area (Å²) < 4.78 is 12.8. The van der Waals surface area contributed by atoms with Gasteiger partial charge in [0.15, 0.2) is 0 Å². The van der Waals surface area contributed by atoms with Gasteiger partial charge in [0, 0.05) is 23.1 Å². The Morgan fingerprint density at radius 3 is 1.16 bits per heavy atom. The number of hydrogen-bond donors (Lipinski definition) is 1. The van der Waals surface area contributed by atoms with Crippen LogP contribution >= 0.6 is 23.2 Å². The van der Waals surface area contributed by atoms with Gasteiger partial charge in [0.25, 0.3) is 0 Å². The maximum atomic E-state index is 12.8.